The lowest BCUT2D eigenvalue weighted by Gasteiger charge is -2.15. The molecule has 0 spiro atoms. The van der Waals surface area contributed by atoms with Gasteiger partial charge in [-0.05, 0) is 19.8 Å². The van der Waals surface area contributed by atoms with E-state index in [-0.39, 0.29) is 11.9 Å². The zero-order valence-electron chi connectivity index (χ0n) is 13.0. The summed E-state index contributed by atoms with van der Waals surface area (Å²) in [7, 11) is 1.63. The van der Waals surface area contributed by atoms with Crippen molar-refractivity contribution in [3.05, 3.63) is 23.5 Å². The van der Waals surface area contributed by atoms with E-state index in [1.807, 2.05) is 26.0 Å². The number of methoxy groups -OCH3 is 1. The van der Waals surface area contributed by atoms with Crippen LogP contribution in [0.5, 0.6) is 5.75 Å². The summed E-state index contributed by atoms with van der Waals surface area (Å²) in [5.41, 5.74) is 1.77. The Bertz CT molecular complexity index is 447. The van der Waals surface area contributed by atoms with E-state index in [0.29, 0.717) is 19.0 Å². The fraction of sp³-hybridized carbons (Fsp3) is 0.600. The molecule has 0 aliphatic carbocycles. The smallest absolute Gasteiger partial charge is 0.236 e. The molecule has 1 heterocycles. The number of hydrogen-bond donors (Lipinski definition) is 2. The minimum Gasteiger partial charge on any atom is -0.497 e. The van der Waals surface area contributed by atoms with Crippen LogP contribution in [0.2, 0.25) is 0 Å². The highest BCUT2D eigenvalue weighted by molar-refractivity contribution is 5.81. The minimum absolute atomic E-state index is 0.0123. The number of rotatable bonds is 7. The van der Waals surface area contributed by atoms with Gasteiger partial charge in [0.15, 0.2) is 0 Å². The number of hydrogen-bond acceptors (Lipinski definition) is 4. The fourth-order valence-corrected chi connectivity index (χ4v) is 1.72. The second-order valence-corrected chi connectivity index (χ2v) is 5.38. The third kappa shape index (κ3) is 5.57. The molecule has 0 aliphatic rings. The van der Waals surface area contributed by atoms with Crippen LogP contribution in [0.3, 0.4) is 0 Å². The van der Waals surface area contributed by atoms with Crippen molar-refractivity contribution in [2.75, 3.05) is 13.7 Å². The maximum absolute atomic E-state index is 11.8. The molecule has 2 N–H and O–H groups in total. The molecular formula is C15H25N3O2. The van der Waals surface area contributed by atoms with E-state index in [4.69, 9.17) is 4.74 Å². The minimum atomic E-state index is -0.248. The largest absolute Gasteiger partial charge is 0.497 e. The summed E-state index contributed by atoms with van der Waals surface area (Å²) in [6, 6.07) is 3.50. The maximum Gasteiger partial charge on any atom is 0.236 e. The van der Waals surface area contributed by atoms with Gasteiger partial charge < -0.3 is 15.4 Å². The Labute approximate surface area is 121 Å². The Morgan fingerprint density at radius 2 is 2.05 bits per heavy atom. The SMILES string of the molecule is COc1cc(C)nc(CNC(C)C(=O)NCC(C)C)c1. The third-order valence-electron chi connectivity index (χ3n) is 2.88. The van der Waals surface area contributed by atoms with Crippen LogP contribution in [0.25, 0.3) is 0 Å². The summed E-state index contributed by atoms with van der Waals surface area (Å²) in [6.45, 7) is 9.14. The second-order valence-electron chi connectivity index (χ2n) is 5.38. The maximum atomic E-state index is 11.8. The number of nitrogens with one attached hydrogen (secondary N) is 2. The first-order chi connectivity index (χ1) is 9.42. The first-order valence-corrected chi connectivity index (χ1v) is 6.95. The van der Waals surface area contributed by atoms with Crippen LogP contribution in [-0.2, 0) is 11.3 Å². The molecule has 1 aromatic heterocycles. The van der Waals surface area contributed by atoms with Crippen LogP contribution < -0.4 is 15.4 Å². The fourth-order valence-electron chi connectivity index (χ4n) is 1.72. The highest BCUT2D eigenvalue weighted by Gasteiger charge is 2.12. The highest BCUT2D eigenvalue weighted by atomic mass is 16.5. The van der Waals surface area contributed by atoms with Crippen molar-refractivity contribution in [1.29, 1.82) is 0 Å². The van der Waals surface area contributed by atoms with Crippen molar-refractivity contribution in [2.24, 2.45) is 5.92 Å². The zero-order valence-corrected chi connectivity index (χ0v) is 13.0. The molecule has 1 unspecified atom stereocenters. The molecule has 1 rings (SSSR count). The summed E-state index contributed by atoms with van der Waals surface area (Å²) in [4.78, 5) is 16.3. The highest BCUT2D eigenvalue weighted by Crippen LogP contribution is 2.13. The first kappa shape index (κ1) is 16.4. The van der Waals surface area contributed by atoms with E-state index in [2.05, 4.69) is 29.5 Å². The molecule has 20 heavy (non-hydrogen) atoms. The molecule has 1 amide bonds. The number of aryl methyl sites for hydroxylation is 1. The van der Waals surface area contributed by atoms with Crippen LogP contribution in [0, 0.1) is 12.8 Å². The van der Waals surface area contributed by atoms with Gasteiger partial charge in [-0.3, -0.25) is 9.78 Å². The predicted octanol–water partition coefficient (Wildman–Crippen LogP) is 1.65. The van der Waals surface area contributed by atoms with E-state index in [9.17, 15) is 4.79 Å². The summed E-state index contributed by atoms with van der Waals surface area (Å²) in [5.74, 6) is 1.25. The van der Waals surface area contributed by atoms with Gasteiger partial charge in [0.2, 0.25) is 5.91 Å². The average Bonchev–Trinajstić information content (AvgIpc) is 2.41. The molecule has 0 radical (unpaired) electrons. The molecule has 0 saturated carbocycles. The standard InChI is InChI=1S/C15H25N3O2/c1-10(2)8-17-15(19)12(4)16-9-13-7-14(20-5)6-11(3)18-13/h6-7,10,12,16H,8-9H2,1-5H3,(H,17,19). The van der Waals surface area contributed by atoms with E-state index in [1.165, 1.54) is 0 Å². The lowest BCUT2D eigenvalue weighted by atomic mass is 10.2. The van der Waals surface area contributed by atoms with Crippen LogP contribution in [-0.4, -0.2) is 30.6 Å². The number of aromatic nitrogens is 1. The Balaban J connectivity index is 2.49. The van der Waals surface area contributed by atoms with Gasteiger partial charge in [0, 0.05) is 30.9 Å². The molecule has 112 valence electrons. The summed E-state index contributed by atoms with van der Waals surface area (Å²) in [5, 5.41) is 6.08. The van der Waals surface area contributed by atoms with Gasteiger partial charge in [-0.25, -0.2) is 0 Å². The molecule has 5 heteroatoms. The number of carbonyl (C=O) groups is 1. The van der Waals surface area contributed by atoms with Crippen molar-refractivity contribution in [3.8, 4) is 5.75 Å². The number of amides is 1. The molecular weight excluding hydrogens is 254 g/mol. The van der Waals surface area contributed by atoms with Crippen molar-refractivity contribution < 1.29 is 9.53 Å². The molecule has 0 bridgehead atoms. The first-order valence-electron chi connectivity index (χ1n) is 6.95. The van der Waals surface area contributed by atoms with E-state index >= 15 is 0 Å². The van der Waals surface area contributed by atoms with Crippen LogP contribution >= 0.6 is 0 Å². The van der Waals surface area contributed by atoms with Crippen LogP contribution in [0.4, 0.5) is 0 Å². The Kier molecular flexibility index (Phi) is 6.45. The van der Waals surface area contributed by atoms with E-state index in [1.54, 1.807) is 7.11 Å². The number of ether oxygens (including phenoxy) is 1. The monoisotopic (exact) mass is 279 g/mol. The second kappa shape index (κ2) is 7.85. The Hall–Kier alpha value is -1.62. The van der Waals surface area contributed by atoms with Crippen molar-refractivity contribution >= 4 is 5.91 Å². The average molecular weight is 279 g/mol. The normalized spacial score (nSPS) is 12.3. The number of carbonyl (C=O) groups excluding carboxylic acids is 1. The molecule has 0 fully saturated rings. The van der Waals surface area contributed by atoms with E-state index in [0.717, 1.165) is 17.1 Å². The van der Waals surface area contributed by atoms with Gasteiger partial charge in [-0.2, -0.15) is 0 Å². The lowest BCUT2D eigenvalue weighted by molar-refractivity contribution is -0.122. The topological polar surface area (TPSA) is 63.2 Å². The lowest BCUT2D eigenvalue weighted by Crippen LogP contribution is -2.43. The molecule has 0 aromatic carbocycles. The Morgan fingerprint density at radius 1 is 1.35 bits per heavy atom. The number of pyridine rings is 1. The van der Waals surface area contributed by atoms with Crippen molar-refractivity contribution in [2.45, 2.75) is 40.3 Å². The molecule has 1 aromatic rings. The van der Waals surface area contributed by atoms with Gasteiger partial charge in [0.05, 0.1) is 18.8 Å². The van der Waals surface area contributed by atoms with Crippen LogP contribution in [0.15, 0.2) is 12.1 Å². The summed E-state index contributed by atoms with van der Waals surface area (Å²) >= 11 is 0. The third-order valence-corrected chi connectivity index (χ3v) is 2.88. The Morgan fingerprint density at radius 3 is 2.65 bits per heavy atom. The van der Waals surface area contributed by atoms with E-state index < -0.39 is 0 Å². The summed E-state index contributed by atoms with van der Waals surface area (Å²) < 4.78 is 5.21. The molecule has 0 aliphatic heterocycles. The van der Waals surface area contributed by atoms with Gasteiger partial charge in [-0.15, -0.1) is 0 Å². The molecule has 5 nitrogen and oxygen atoms in total. The molecule has 1 atom stereocenters. The quantitative estimate of drug-likeness (QED) is 0.796. The van der Waals surface area contributed by atoms with Crippen molar-refractivity contribution in [1.82, 2.24) is 15.6 Å². The van der Waals surface area contributed by atoms with Gasteiger partial charge >= 0.3 is 0 Å². The predicted molar refractivity (Wildman–Crippen MR) is 79.7 cm³/mol. The van der Waals surface area contributed by atoms with Crippen molar-refractivity contribution in [3.63, 3.8) is 0 Å². The molecule has 0 saturated heterocycles. The van der Waals surface area contributed by atoms with Gasteiger partial charge in [0.25, 0.3) is 0 Å². The van der Waals surface area contributed by atoms with Gasteiger partial charge in [-0.1, -0.05) is 13.8 Å². The summed E-state index contributed by atoms with van der Waals surface area (Å²) in [6.07, 6.45) is 0. The van der Waals surface area contributed by atoms with Gasteiger partial charge in [0.1, 0.15) is 5.75 Å². The number of nitrogens with zero attached hydrogens (tertiary/aromatic N) is 1. The zero-order chi connectivity index (χ0) is 15.1. The van der Waals surface area contributed by atoms with Crippen LogP contribution in [0.1, 0.15) is 32.2 Å².